The minimum absolute atomic E-state index is 0.779. The van der Waals surface area contributed by atoms with Gasteiger partial charge in [-0.2, -0.15) is 0 Å². The van der Waals surface area contributed by atoms with Crippen molar-refractivity contribution in [2.45, 2.75) is 6.92 Å². The molecule has 0 saturated heterocycles. The first kappa shape index (κ1) is 9.45. The lowest BCUT2D eigenvalue weighted by molar-refractivity contribution is 1.27. The Kier molecular flexibility index (Phi) is 4.32. The molecule has 0 saturated carbocycles. The van der Waals surface area contributed by atoms with Gasteiger partial charge >= 0.3 is 0 Å². The topological polar surface area (TPSA) is 37.3 Å². The summed E-state index contributed by atoms with van der Waals surface area (Å²) in [5.41, 5.74) is 1.07. The number of pyridine rings is 1. The quantitative estimate of drug-likeness (QED) is 0.711. The van der Waals surface area contributed by atoms with Crippen molar-refractivity contribution in [3.63, 3.8) is 0 Å². The van der Waals surface area contributed by atoms with Crippen molar-refractivity contribution < 1.29 is 0 Å². The monoisotopic (exact) mass is 175 g/mol. The van der Waals surface area contributed by atoms with Crippen LogP contribution in [-0.4, -0.2) is 17.7 Å². The first-order valence-electron chi connectivity index (χ1n) is 4.20. The van der Waals surface area contributed by atoms with Crippen LogP contribution in [0, 0.1) is 0 Å². The summed E-state index contributed by atoms with van der Waals surface area (Å²) in [6.07, 6.45) is 9.00. The Morgan fingerprint density at radius 3 is 2.92 bits per heavy atom. The summed E-state index contributed by atoms with van der Waals surface area (Å²) in [6.45, 7) is 2.67. The number of aliphatic imine (C=N–C) groups is 1. The SMILES string of the molecule is CC=N/C=C\CNc1ccncc1. The van der Waals surface area contributed by atoms with E-state index in [9.17, 15) is 0 Å². The lowest BCUT2D eigenvalue weighted by atomic mass is 10.4. The Morgan fingerprint density at radius 2 is 2.23 bits per heavy atom. The molecular formula is C10H13N3. The molecule has 1 aromatic rings. The van der Waals surface area contributed by atoms with Crippen LogP contribution in [0.15, 0.2) is 41.8 Å². The van der Waals surface area contributed by atoms with Gasteiger partial charge in [-0.15, -0.1) is 0 Å². The van der Waals surface area contributed by atoms with Crippen LogP contribution in [0.1, 0.15) is 6.92 Å². The molecule has 0 aromatic carbocycles. The fraction of sp³-hybridized carbons (Fsp3) is 0.200. The molecule has 0 radical (unpaired) electrons. The van der Waals surface area contributed by atoms with E-state index in [0.717, 1.165) is 12.2 Å². The van der Waals surface area contributed by atoms with Crippen molar-refractivity contribution in [1.82, 2.24) is 4.98 Å². The van der Waals surface area contributed by atoms with E-state index in [1.165, 1.54) is 0 Å². The summed E-state index contributed by atoms with van der Waals surface area (Å²) in [4.78, 5) is 7.87. The van der Waals surface area contributed by atoms with Crippen molar-refractivity contribution in [2.24, 2.45) is 4.99 Å². The summed E-state index contributed by atoms with van der Waals surface area (Å²) >= 11 is 0. The molecule has 0 aliphatic rings. The Labute approximate surface area is 78.2 Å². The summed E-state index contributed by atoms with van der Waals surface area (Å²) in [5, 5.41) is 3.20. The van der Waals surface area contributed by atoms with Crippen LogP contribution >= 0.6 is 0 Å². The van der Waals surface area contributed by atoms with Crippen molar-refractivity contribution in [3.8, 4) is 0 Å². The summed E-state index contributed by atoms with van der Waals surface area (Å²) in [7, 11) is 0. The van der Waals surface area contributed by atoms with E-state index in [4.69, 9.17) is 0 Å². The lowest BCUT2D eigenvalue weighted by Crippen LogP contribution is -1.97. The molecule has 3 heteroatoms. The predicted molar refractivity (Wildman–Crippen MR) is 56.0 cm³/mol. The minimum atomic E-state index is 0.779. The van der Waals surface area contributed by atoms with Crippen molar-refractivity contribution in [1.29, 1.82) is 0 Å². The molecular weight excluding hydrogens is 162 g/mol. The third-order valence-electron chi connectivity index (χ3n) is 1.44. The van der Waals surface area contributed by atoms with Crippen molar-refractivity contribution in [2.75, 3.05) is 11.9 Å². The van der Waals surface area contributed by atoms with E-state index in [1.54, 1.807) is 24.8 Å². The Bertz CT molecular complexity index is 277. The molecule has 0 spiro atoms. The van der Waals surface area contributed by atoms with E-state index in [2.05, 4.69) is 15.3 Å². The largest absolute Gasteiger partial charge is 0.381 e. The molecule has 0 aliphatic carbocycles. The Balaban J connectivity index is 2.28. The number of aromatic nitrogens is 1. The molecule has 0 amide bonds. The lowest BCUT2D eigenvalue weighted by Gasteiger charge is -2.00. The average molecular weight is 175 g/mol. The molecule has 1 N–H and O–H groups in total. The maximum atomic E-state index is 3.95. The molecule has 1 rings (SSSR count). The molecule has 13 heavy (non-hydrogen) atoms. The standard InChI is InChI=1S/C10H13N3/c1-2-11-6-3-7-13-10-4-8-12-9-5-10/h2-6,8-9H,7H2,1H3,(H,12,13)/b6-3-,11-2?. The van der Waals surface area contributed by atoms with Crippen LogP contribution in [0.25, 0.3) is 0 Å². The predicted octanol–water partition coefficient (Wildman–Crippen LogP) is 2.10. The molecule has 1 aromatic heterocycles. The highest BCUT2D eigenvalue weighted by atomic mass is 14.9. The first-order valence-corrected chi connectivity index (χ1v) is 4.20. The van der Waals surface area contributed by atoms with E-state index in [1.807, 2.05) is 25.1 Å². The van der Waals surface area contributed by atoms with E-state index in [-0.39, 0.29) is 0 Å². The second-order valence-electron chi connectivity index (χ2n) is 2.41. The third kappa shape index (κ3) is 4.06. The van der Waals surface area contributed by atoms with Gasteiger partial charge in [-0.05, 0) is 25.1 Å². The molecule has 0 bridgehead atoms. The smallest absolute Gasteiger partial charge is 0.0373 e. The zero-order valence-corrected chi connectivity index (χ0v) is 7.64. The normalized spacial score (nSPS) is 11.2. The van der Waals surface area contributed by atoms with Crippen LogP contribution in [0.5, 0.6) is 0 Å². The Hall–Kier alpha value is -1.64. The van der Waals surface area contributed by atoms with Crippen molar-refractivity contribution >= 4 is 11.9 Å². The maximum absolute atomic E-state index is 3.95. The van der Waals surface area contributed by atoms with E-state index < -0.39 is 0 Å². The molecule has 0 unspecified atom stereocenters. The zero-order chi connectivity index (χ0) is 9.36. The Morgan fingerprint density at radius 1 is 1.46 bits per heavy atom. The number of rotatable bonds is 4. The fourth-order valence-electron chi connectivity index (χ4n) is 0.846. The second-order valence-corrected chi connectivity index (χ2v) is 2.41. The molecule has 3 nitrogen and oxygen atoms in total. The van der Waals surface area contributed by atoms with Crippen LogP contribution in [0.2, 0.25) is 0 Å². The van der Waals surface area contributed by atoms with Crippen LogP contribution in [0.3, 0.4) is 0 Å². The highest BCUT2D eigenvalue weighted by Gasteiger charge is 1.84. The number of hydrogen-bond acceptors (Lipinski definition) is 3. The molecule has 0 aliphatic heterocycles. The fourth-order valence-corrected chi connectivity index (χ4v) is 0.846. The van der Waals surface area contributed by atoms with Gasteiger partial charge in [0.05, 0.1) is 0 Å². The van der Waals surface area contributed by atoms with Gasteiger partial charge < -0.3 is 5.32 Å². The van der Waals surface area contributed by atoms with Crippen molar-refractivity contribution in [3.05, 3.63) is 36.8 Å². The van der Waals surface area contributed by atoms with Gasteiger partial charge in [-0.1, -0.05) is 0 Å². The zero-order valence-electron chi connectivity index (χ0n) is 7.64. The van der Waals surface area contributed by atoms with E-state index in [0.29, 0.717) is 0 Å². The maximum Gasteiger partial charge on any atom is 0.0373 e. The number of nitrogens with zero attached hydrogens (tertiary/aromatic N) is 2. The van der Waals surface area contributed by atoms with Gasteiger partial charge in [0.2, 0.25) is 0 Å². The number of anilines is 1. The van der Waals surface area contributed by atoms with Gasteiger partial charge in [0.25, 0.3) is 0 Å². The van der Waals surface area contributed by atoms with Gasteiger partial charge in [-0.3, -0.25) is 9.98 Å². The first-order chi connectivity index (χ1) is 6.43. The van der Waals surface area contributed by atoms with Crippen LogP contribution in [-0.2, 0) is 0 Å². The second kappa shape index (κ2) is 5.94. The van der Waals surface area contributed by atoms with Crippen LogP contribution < -0.4 is 5.32 Å². The molecule has 1 heterocycles. The highest BCUT2D eigenvalue weighted by Crippen LogP contribution is 2.01. The minimum Gasteiger partial charge on any atom is -0.381 e. The summed E-state index contributed by atoms with van der Waals surface area (Å²) in [6, 6.07) is 3.86. The van der Waals surface area contributed by atoms with Gasteiger partial charge in [0.15, 0.2) is 0 Å². The summed E-state index contributed by atoms with van der Waals surface area (Å²) < 4.78 is 0. The third-order valence-corrected chi connectivity index (χ3v) is 1.44. The van der Waals surface area contributed by atoms with E-state index >= 15 is 0 Å². The molecule has 0 fully saturated rings. The van der Waals surface area contributed by atoms with Gasteiger partial charge in [0.1, 0.15) is 0 Å². The van der Waals surface area contributed by atoms with Gasteiger partial charge in [-0.25, -0.2) is 0 Å². The summed E-state index contributed by atoms with van der Waals surface area (Å²) in [5.74, 6) is 0. The van der Waals surface area contributed by atoms with Gasteiger partial charge in [0, 0.05) is 37.0 Å². The average Bonchev–Trinajstić information content (AvgIpc) is 2.19. The highest BCUT2D eigenvalue weighted by molar-refractivity contribution is 5.54. The number of nitrogens with one attached hydrogen (secondary N) is 1. The number of hydrogen-bond donors (Lipinski definition) is 1. The van der Waals surface area contributed by atoms with Crippen LogP contribution in [0.4, 0.5) is 5.69 Å². The molecule has 68 valence electrons. The molecule has 0 atom stereocenters.